The van der Waals surface area contributed by atoms with Crippen LogP contribution in [0.15, 0.2) is 109 Å². The Bertz CT molecular complexity index is 3750. The molecule has 7 aromatic carbocycles. The average Bonchev–Trinajstić information content (AvgIpc) is 3.52. The standard InChI is InChI=1S/C72H64B3NO5/c1-3-7-57-49(5-1)73-51-24-52-59(26-55(51)76-56-18-46(19-62(77-57)67(56)73)70-28-37-9-38(29-70)11-39(10-37)30-70)79-65-22-48(72-34-43-15-44(35-72)17-45(16-43)36-72)23-66-69(65)75(52)54-25-53-60(27-61(54)81-66)80-64-21-47(71-31-40-12-41(32-71)14-42(13-40)33-71)20-63-68(64)74(53)50-6-2-4-8-58(50)78-63/h1-8,18-27,37-45,76H,9-17,28-36H2. The molecule has 6 heterocycles. The minimum absolute atomic E-state index is 0.000493. The van der Waals surface area contributed by atoms with Crippen molar-refractivity contribution in [2.45, 2.75) is 132 Å². The van der Waals surface area contributed by atoms with E-state index in [1.165, 1.54) is 182 Å². The van der Waals surface area contributed by atoms with Gasteiger partial charge >= 0.3 is 0 Å². The highest BCUT2D eigenvalue weighted by Gasteiger charge is 2.57. The van der Waals surface area contributed by atoms with Crippen LogP contribution in [0.4, 0.5) is 11.4 Å². The van der Waals surface area contributed by atoms with Crippen LogP contribution >= 0.6 is 0 Å². The Hall–Kier alpha value is -6.47. The second kappa shape index (κ2) is 14.8. The van der Waals surface area contributed by atoms with Crippen molar-refractivity contribution < 1.29 is 23.7 Å². The summed E-state index contributed by atoms with van der Waals surface area (Å²) >= 11 is 0. The van der Waals surface area contributed by atoms with Gasteiger partial charge in [-0.1, -0.05) is 48.5 Å². The number of hydrogen-bond acceptors (Lipinski definition) is 6. The lowest BCUT2D eigenvalue weighted by Crippen LogP contribution is -2.63. The third kappa shape index (κ3) is 5.81. The van der Waals surface area contributed by atoms with Crippen LogP contribution in [-0.2, 0) is 16.2 Å². The quantitative estimate of drug-likeness (QED) is 0.178. The lowest BCUT2D eigenvalue weighted by Gasteiger charge is -2.57. The van der Waals surface area contributed by atoms with Crippen molar-refractivity contribution in [3.63, 3.8) is 0 Å². The van der Waals surface area contributed by atoms with Crippen LogP contribution in [-0.4, -0.2) is 20.1 Å². The summed E-state index contributed by atoms with van der Waals surface area (Å²) < 4.78 is 36.7. The smallest absolute Gasteiger partial charge is 0.260 e. The Labute approximate surface area is 475 Å². The highest BCUT2D eigenvalue weighted by atomic mass is 16.5. The predicted octanol–water partition coefficient (Wildman–Crippen LogP) is 11.2. The Morgan fingerprint density at radius 1 is 0.284 bits per heavy atom. The molecule has 0 aromatic heterocycles. The predicted molar refractivity (Wildman–Crippen MR) is 322 cm³/mol. The molecule has 6 nitrogen and oxygen atoms in total. The molecule has 0 saturated heterocycles. The fraction of sp³-hybridized carbons (Fsp3) is 0.417. The molecule has 7 aromatic rings. The maximum Gasteiger partial charge on any atom is 0.260 e. The summed E-state index contributed by atoms with van der Waals surface area (Å²) in [6.45, 7) is -0.186. The molecule has 0 amide bonds. The van der Waals surface area contributed by atoms with Gasteiger partial charge in [0.05, 0.1) is 0 Å². The monoisotopic (exact) mass is 1060 g/mol. The van der Waals surface area contributed by atoms with Gasteiger partial charge in [0.2, 0.25) is 0 Å². The molecule has 12 fully saturated rings. The minimum Gasteiger partial charge on any atom is -0.458 e. The first-order chi connectivity index (χ1) is 39.8. The molecular weight excluding hydrogens is 991 g/mol. The molecule has 18 aliphatic rings. The highest BCUT2D eigenvalue weighted by Crippen LogP contribution is 2.65. The zero-order valence-electron chi connectivity index (χ0n) is 46.1. The first-order valence-corrected chi connectivity index (χ1v) is 32.0. The first kappa shape index (κ1) is 44.2. The number of fused-ring (bicyclic) bond motifs is 12. The molecule has 0 radical (unpaired) electrons. The van der Waals surface area contributed by atoms with Gasteiger partial charge in [-0.15, -0.1) is 0 Å². The maximum absolute atomic E-state index is 7.55. The third-order valence-corrected chi connectivity index (χ3v) is 25.6. The first-order valence-electron chi connectivity index (χ1n) is 32.0. The van der Waals surface area contributed by atoms with Gasteiger partial charge in [-0.3, -0.25) is 0 Å². The van der Waals surface area contributed by atoms with E-state index in [0.717, 1.165) is 122 Å². The van der Waals surface area contributed by atoms with E-state index < -0.39 is 0 Å². The molecule has 6 aliphatic heterocycles. The Balaban J connectivity index is 0.733. The third-order valence-electron chi connectivity index (χ3n) is 25.6. The fourth-order valence-corrected chi connectivity index (χ4v) is 23.8. The SMILES string of the molecule is c1ccc2c(c1)Oc1cc(C34CC5CC(CC(C5)C3)C4)cc3c1B2c1cc2c(cc1N3)Oc1cc(C34CC5CC(CC(C5)C3)C4)cc3c1B2c1cc2c(cc1O3)Oc1cc(C34CC5CC(CC(C5)C3)C4)cc3c1B2c1ccccc1O3. The van der Waals surface area contributed by atoms with Crippen molar-refractivity contribution in [2.75, 3.05) is 5.32 Å². The summed E-state index contributed by atoms with van der Waals surface area (Å²) in [6, 6.07) is 42.3. The highest BCUT2D eigenvalue weighted by molar-refractivity contribution is 7.02. The van der Waals surface area contributed by atoms with Gasteiger partial charge in [0.25, 0.3) is 20.1 Å². The summed E-state index contributed by atoms with van der Waals surface area (Å²) in [5, 5.41) is 4.15. The molecule has 81 heavy (non-hydrogen) atoms. The van der Waals surface area contributed by atoms with Crippen molar-refractivity contribution in [1.29, 1.82) is 0 Å². The van der Waals surface area contributed by atoms with Crippen molar-refractivity contribution in [2.24, 2.45) is 53.3 Å². The molecule has 12 bridgehead atoms. The van der Waals surface area contributed by atoms with Crippen molar-refractivity contribution in [1.82, 2.24) is 0 Å². The van der Waals surface area contributed by atoms with E-state index in [4.69, 9.17) is 23.7 Å². The second-order valence-electron chi connectivity index (χ2n) is 30.2. The Morgan fingerprint density at radius 2 is 0.605 bits per heavy atom. The van der Waals surface area contributed by atoms with Gasteiger partial charge in [0.1, 0.15) is 57.5 Å². The molecule has 12 aliphatic carbocycles. The molecule has 396 valence electrons. The lowest BCUT2D eigenvalue weighted by atomic mass is 9.30. The van der Waals surface area contributed by atoms with Crippen molar-refractivity contribution >= 4 is 80.7 Å². The van der Waals surface area contributed by atoms with Gasteiger partial charge in [0.15, 0.2) is 0 Å². The van der Waals surface area contributed by atoms with E-state index in [-0.39, 0.29) is 36.4 Å². The Morgan fingerprint density at radius 3 is 1.02 bits per heavy atom. The molecule has 9 heteroatoms. The molecular formula is C72H64B3NO5. The van der Waals surface area contributed by atoms with Crippen LogP contribution in [0.5, 0.6) is 57.5 Å². The number of benzene rings is 7. The average molecular weight is 1060 g/mol. The number of hydrogen-bond donors (Lipinski definition) is 1. The largest absolute Gasteiger partial charge is 0.458 e. The molecule has 0 unspecified atom stereocenters. The number of ether oxygens (including phenoxy) is 5. The van der Waals surface area contributed by atoms with Gasteiger partial charge in [0, 0.05) is 34.4 Å². The van der Waals surface area contributed by atoms with Gasteiger partial charge in [-0.05, 0) is 289 Å². The number of rotatable bonds is 3. The molecule has 0 atom stereocenters. The van der Waals surface area contributed by atoms with Crippen LogP contribution in [0.3, 0.4) is 0 Å². The maximum atomic E-state index is 7.55. The van der Waals surface area contributed by atoms with E-state index in [9.17, 15) is 0 Å². The van der Waals surface area contributed by atoms with Gasteiger partial charge in [-0.2, -0.15) is 0 Å². The zero-order chi connectivity index (χ0) is 52.0. The number of nitrogens with one attached hydrogen (secondary N) is 1. The summed E-state index contributed by atoms with van der Waals surface area (Å²) in [7, 11) is 0. The minimum atomic E-state index is -0.132. The summed E-state index contributed by atoms with van der Waals surface area (Å²) in [5.74, 6) is 17.1. The molecule has 0 spiro atoms. The van der Waals surface area contributed by atoms with Crippen molar-refractivity contribution in [3.05, 3.63) is 126 Å². The van der Waals surface area contributed by atoms with Crippen LogP contribution in [0.2, 0.25) is 0 Å². The van der Waals surface area contributed by atoms with Gasteiger partial charge < -0.3 is 29.0 Å². The molecule has 25 rings (SSSR count). The fourth-order valence-electron chi connectivity index (χ4n) is 23.8. The van der Waals surface area contributed by atoms with E-state index in [2.05, 4.69) is 115 Å². The lowest BCUT2D eigenvalue weighted by molar-refractivity contribution is -0.00542. The van der Waals surface area contributed by atoms with Crippen molar-refractivity contribution in [3.8, 4) is 57.5 Å². The normalized spacial score (nSPS) is 34.1. The van der Waals surface area contributed by atoms with E-state index in [1.54, 1.807) is 0 Å². The summed E-state index contributed by atoms with van der Waals surface area (Å²) in [5.41, 5.74) is 18.2. The van der Waals surface area contributed by atoms with E-state index >= 15 is 0 Å². The van der Waals surface area contributed by atoms with Crippen LogP contribution in [0, 0.1) is 53.3 Å². The van der Waals surface area contributed by atoms with Crippen LogP contribution in [0.1, 0.15) is 132 Å². The van der Waals surface area contributed by atoms with Gasteiger partial charge in [-0.25, -0.2) is 0 Å². The Kier molecular flexibility index (Phi) is 8.08. The topological polar surface area (TPSA) is 58.2 Å². The zero-order valence-corrected chi connectivity index (χ0v) is 46.1. The number of para-hydroxylation sites is 2. The second-order valence-corrected chi connectivity index (χ2v) is 30.2. The number of anilines is 2. The van der Waals surface area contributed by atoms with E-state index in [0.29, 0.717) is 0 Å². The summed E-state index contributed by atoms with van der Waals surface area (Å²) in [4.78, 5) is 0. The molecule has 1 N–H and O–H groups in total. The van der Waals surface area contributed by atoms with Crippen LogP contribution < -0.4 is 78.2 Å². The summed E-state index contributed by atoms with van der Waals surface area (Å²) in [6.07, 6.45) is 24.5. The van der Waals surface area contributed by atoms with Crippen LogP contribution in [0.25, 0.3) is 0 Å². The van der Waals surface area contributed by atoms with E-state index in [1.807, 2.05) is 0 Å². The molecule has 12 saturated carbocycles.